The van der Waals surface area contributed by atoms with Crippen LogP contribution < -0.4 is 10.9 Å². The fourth-order valence-corrected chi connectivity index (χ4v) is 2.38. The van der Waals surface area contributed by atoms with Crippen molar-refractivity contribution in [3.63, 3.8) is 0 Å². The Balaban J connectivity index is 2.16. The van der Waals surface area contributed by atoms with Crippen LogP contribution in [0.25, 0.3) is 10.7 Å². The molecule has 2 aromatic heterocycles. The van der Waals surface area contributed by atoms with Gasteiger partial charge in [0.25, 0.3) is 5.56 Å². The van der Waals surface area contributed by atoms with Crippen molar-refractivity contribution in [3.05, 3.63) is 33.3 Å². The minimum Gasteiger partial charge on any atom is -0.311 e. The van der Waals surface area contributed by atoms with Gasteiger partial charge in [-0.05, 0) is 13.0 Å². The predicted octanol–water partition coefficient (Wildman–Crippen LogP) is 0.539. The summed E-state index contributed by atoms with van der Waals surface area (Å²) in [6.07, 6.45) is 2.46. The molecule has 6 heteroatoms. The first-order valence-electron chi connectivity index (χ1n) is 5.06. The van der Waals surface area contributed by atoms with Crippen molar-refractivity contribution in [2.24, 2.45) is 0 Å². The third-order valence-electron chi connectivity index (χ3n) is 2.61. The summed E-state index contributed by atoms with van der Waals surface area (Å²) in [5.74, 6) is 0.620. The van der Waals surface area contributed by atoms with Gasteiger partial charge in [0.2, 0.25) is 0 Å². The van der Waals surface area contributed by atoms with Crippen LogP contribution in [0.1, 0.15) is 11.3 Å². The van der Waals surface area contributed by atoms with E-state index in [0.717, 1.165) is 29.1 Å². The maximum absolute atomic E-state index is 11.8. The maximum Gasteiger partial charge on any atom is 0.254 e. The van der Waals surface area contributed by atoms with Crippen molar-refractivity contribution in [3.8, 4) is 10.7 Å². The van der Waals surface area contributed by atoms with E-state index in [1.54, 1.807) is 11.7 Å². The third kappa shape index (κ3) is 1.56. The number of fused-ring (bicyclic) bond motifs is 1. The zero-order chi connectivity index (χ0) is 11.0. The quantitative estimate of drug-likeness (QED) is 0.755. The number of rotatable bonds is 1. The van der Waals surface area contributed by atoms with E-state index in [4.69, 9.17) is 0 Å². The van der Waals surface area contributed by atoms with Crippen LogP contribution in [0, 0.1) is 0 Å². The maximum atomic E-state index is 11.8. The number of aromatic amines is 1. The third-order valence-corrected chi connectivity index (χ3v) is 3.39. The van der Waals surface area contributed by atoms with E-state index in [0.29, 0.717) is 12.4 Å². The van der Waals surface area contributed by atoms with Gasteiger partial charge >= 0.3 is 0 Å². The Hall–Kier alpha value is -1.53. The normalized spacial score (nSPS) is 14.8. The topological polar surface area (TPSA) is 70.7 Å². The average Bonchev–Trinajstić information content (AvgIpc) is 2.82. The van der Waals surface area contributed by atoms with Gasteiger partial charge in [-0.1, -0.05) is 0 Å². The predicted molar refractivity (Wildman–Crippen MR) is 61.4 cm³/mol. The molecular formula is C10H10N4OS. The second kappa shape index (κ2) is 3.80. The summed E-state index contributed by atoms with van der Waals surface area (Å²) in [5.41, 5.74) is 3.38. The standard InChI is InChI=1S/C10H10N4OS/c15-10-6-1-2-11-3-7(6)13-9(14-10)8-4-12-5-16-8/h4-5,11H,1-3H2,(H,13,14,15). The largest absolute Gasteiger partial charge is 0.311 e. The molecule has 0 aliphatic carbocycles. The van der Waals surface area contributed by atoms with Crippen LogP contribution in [0.5, 0.6) is 0 Å². The molecule has 2 N–H and O–H groups in total. The van der Waals surface area contributed by atoms with E-state index in [1.807, 2.05) is 0 Å². The Kier molecular flexibility index (Phi) is 2.30. The lowest BCUT2D eigenvalue weighted by molar-refractivity contribution is 0.619. The van der Waals surface area contributed by atoms with Crippen molar-refractivity contribution in [2.75, 3.05) is 6.54 Å². The summed E-state index contributed by atoms with van der Waals surface area (Å²) in [7, 11) is 0. The summed E-state index contributed by atoms with van der Waals surface area (Å²) in [6, 6.07) is 0. The summed E-state index contributed by atoms with van der Waals surface area (Å²) in [6.45, 7) is 1.52. The van der Waals surface area contributed by atoms with Crippen molar-refractivity contribution < 1.29 is 0 Å². The van der Waals surface area contributed by atoms with Gasteiger partial charge in [-0.2, -0.15) is 0 Å². The molecule has 0 amide bonds. The minimum atomic E-state index is -0.0186. The monoisotopic (exact) mass is 234 g/mol. The molecule has 0 spiro atoms. The molecule has 3 heterocycles. The Morgan fingerprint density at radius 1 is 1.44 bits per heavy atom. The first-order chi connectivity index (χ1) is 7.84. The van der Waals surface area contributed by atoms with Crippen LogP contribution in [-0.4, -0.2) is 21.5 Å². The number of hydrogen-bond acceptors (Lipinski definition) is 5. The van der Waals surface area contributed by atoms with Gasteiger partial charge in [-0.15, -0.1) is 11.3 Å². The molecule has 3 rings (SSSR count). The fraction of sp³-hybridized carbons (Fsp3) is 0.300. The Labute approximate surface area is 95.6 Å². The summed E-state index contributed by atoms with van der Waals surface area (Å²) in [4.78, 5) is 24.0. The zero-order valence-electron chi connectivity index (χ0n) is 8.49. The van der Waals surface area contributed by atoms with E-state index < -0.39 is 0 Å². The van der Waals surface area contributed by atoms with Gasteiger partial charge < -0.3 is 10.3 Å². The first-order valence-corrected chi connectivity index (χ1v) is 5.94. The van der Waals surface area contributed by atoms with Gasteiger partial charge in [-0.3, -0.25) is 9.78 Å². The van der Waals surface area contributed by atoms with Gasteiger partial charge in [0, 0.05) is 18.3 Å². The molecule has 0 fully saturated rings. The molecule has 0 aromatic carbocycles. The number of hydrogen-bond donors (Lipinski definition) is 2. The molecule has 1 aliphatic heterocycles. The van der Waals surface area contributed by atoms with Crippen LogP contribution in [0.15, 0.2) is 16.5 Å². The number of nitrogens with one attached hydrogen (secondary N) is 2. The molecule has 0 bridgehead atoms. The van der Waals surface area contributed by atoms with Gasteiger partial charge in [-0.25, -0.2) is 4.98 Å². The van der Waals surface area contributed by atoms with Crippen molar-refractivity contribution in [1.29, 1.82) is 0 Å². The smallest absolute Gasteiger partial charge is 0.254 e. The number of nitrogens with zero attached hydrogens (tertiary/aromatic N) is 2. The molecule has 0 unspecified atom stereocenters. The number of H-pyrrole nitrogens is 1. The highest BCUT2D eigenvalue weighted by molar-refractivity contribution is 7.13. The zero-order valence-corrected chi connectivity index (χ0v) is 9.30. The highest BCUT2D eigenvalue weighted by Gasteiger charge is 2.15. The molecular weight excluding hydrogens is 224 g/mol. The van der Waals surface area contributed by atoms with Gasteiger partial charge in [0.15, 0.2) is 5.82 Å². The molecule has 2 aromatic rings. The fourth-order valence-electron chi connectivity index (χ4n) is 1.82. The molecule has 0 atom stereocenters. The van der Waals surface area contributed by atoms with Crippen molar-refractivity contribution >= 4 is 11.3 Å². The highest BCUT2D eigenvalue weighted by atomic mass is 32.1. The van der Waals surface area contributed by atoms with Crippen LogP contribution >= 0.6 is 11.3 Å². The van der Waals surface area contributed by atoms with Gasteiger partial charge in [0.05, 0.1) is 16.1 Å². The lowest BCUT2D eigenvalue weighted by atomic mass is 10.1. The van der Waals surface area contributed by atoms with Crippen LogP contribution in [0.3, 0.4) is 0 Å². The summed E-state index contributed by atoms with van der Waals surface area (Å²) < 4.78 is 0. The minimum absolute atomic E-state index is 0.0186. The summed E-state index contributed by atoms with van der Waals surface area (Å²) >= 11 is 1.47. The van der Waals surface area contributed by atoms with E-state index in [9.17, 15) is 4.79 Å². The van der Waals surface area contributed by atoms with E-state index in [2.05, 4.69) is 20.3 Å². The van der Waals surface area contributed by atoms with E-state index in [1.165, 1.54) is 11.3 Å². The second-order valence-corrected chi connectivity index (χ2v) is 4.52. The lowest BCUT2D eigenvalue weighted by Crippen LogP contribution is -2.31. The van der Waals surface area contributed by atoms with Crippen molar-refractivity contribution in [1.82, 2.24) is 20.3 Å². The number of thiazole rings is 1. The molecule has 82 valence electrons. The Morgan fingerprint density at radius 3 is 3.19 bits per heavy atom. The van der Waals surface area contributed by atoms with E-state index >= 15 is 0 Å². The molecule has 5 nitrogen and oxygen atoms in total. The molecule has 1 aliphatic rings. The van der Waals surface area contributed by atoms with Crippen LogP contribution in [0.2, 0.25) is 0 Å². The van der Waals surface area contributed by atoms with Crippen molar-refractivity contribution in [2.45, 2.75) is 13.0 Å². The molecule has 16 heavy (non-hydrogen) atoms. The lowest BCUT2D eigenvalue weighted by Gasteiger charge is -2.15. The first kappa shape index (κ1) is 9.68. The Bertz CT molecular complexity index is 561. The summed E-state index contributed by atoms with van der Waals surface area (Å²) in [5, 5.41) is 3.21. The van der Waals surface area contributed by atoms with Crippen LogP contribution in [0.4, 0.5) is 0 Å². The molecule has 0 saturated carbocycles. The van der Waals surface area contributed by atoms with E-state index in [-0.39, 0.29) is 5.56 Å². The highest BCUT2D eigenvalue weighted by Crippen LogP contribution is 2.19. The Morgan fingerprint density at radius 2 is 2.38 bits per heavy atom. The molecule has 0 saturated heterocycles. The van der Waals surface area contributed by atoms with Crippen LogP contribution in [-0.2, 0) is 13.0 Å². The van der Waals surface area contributed by atoms with Gasteiger partial charge in [0.1, 0.15) is 0 Å². The SMILES string of the molecule is O=c1[nH]c(-c2cncs2)nc2c1CCNC2. The second-order valence-electron chi connectivity index (χ2n) is 3.63. The average molecular weight is 234 g/mol. The molecule has 0 radical (unpaired) electrons. The number of aromatic nitrogens is 3.